The fourth-order valence-electron chi connectivity index (χ4n) is 6.51. The second-order valence-electron chi connectivity index (χ2n) is 9.03. The summed E-state index contributed by atoms with van der Waals surface area (Å²) in [6.45, 7) is 0. The van der Waals surface area contributed by atoms with Gasteiger partial charge in [-0.1, -0.05) is 72.8 Å². The van der Waals surface area contributed by atoms with Gasteiger partial charge in [0.2, 0.25) is 0 Å². The molecular weight excluding hydrogens is 340 g/mol. The maximum absolute atomic E-state index is 11.1. The number of aliphatic hydroxyl groups is 1. The summed E-state index contributed by atoms with van der Waals surface area (Å²) in [5.74, 6) is 1.94. The van der Waals surface area contributed by atoms with Crippen LogP contribution in [0.1, 0.15) is 45.2 Å². The number of rotatable bonds is 2. The van der Waals surface area contributed by atoms with Crippen LogP contribution >= 0.6 is 0 Å². The summed E-state index contributed by atoms with van der Waals surface area (Å²) in [5.41, 5.74) is 8.80. The van der Waals surface area contributed by atoms with Gasteiger partial charge in [-0.15, -0.1) is 0 Å². The number of hydrogen-bond donors (Lipinski definition) is 1. The van der Waals surface area contributed by atoms with E-state index in [2.05, 4.69) is 72.8 Å². The van der Waals surface area contributed by atoms with Gasteiger partial charge in [-0.25, -0.2) is 0 Å². The lowest BCUT2D eigenvalue weighted by molar-refractivity contribution is 0.124. The first-order chi connectivity index (χ1) is 13.8. The molecule has 3 aliphatic rings. The van der Waals surface area contributed by atoms with Crippen molar-refractivity contribution in [1.82, 2.24) is 0 Å². The topological polar surface area (TPSA) is 20.2 Å². The maximum Gasteiger partial charge on any atom is 0.0655 e. The second kappa shape index (κ2) is 6.32. The molecule has 3 aromatic rings. The van der Waals surface area contributed by atoms with E-state index in [1.165, 1.54) is 46.2 Å². The molecule has 140 valence electrons. The summed E-state index contributed by atoms with van der Waals surface area (Å²) in [5, 5.41) is 11.1. The van der Waals surface area contributed by atoms with Gasteiger partial charge in [0.15, 0.2) is 0 Å². The molecule has 3 aromatic carbocycles. The van der Waals surface area contributed by atoms with Crippen molar-refractivity contribution in [3.8, 4) is 0 Å². The third kappa shape index (κ3) is 2.42. The molecule has 1 heteroatoms. The Hall–Kier alpha value is -2.38. The van der Waals surface area contributed by atoms with E-state index in [9.17, 15) is 5.11 Å². The van der Waals surface area contributed by atoms with E-state index in [-0.39, 0.29) is 12.0 Å². The Morgan fingerprint density at radius 3 is 1.68 bits per heavy atom. The van der Waals surface area contributed by atoms with Crippen LogP contribution in [-0.2, 0) is 25.7 Å². The van der Waals surface area contributed by atoms with Crippen LogP contribution in [0.15, 0.2) is 72.8 Å². The maximum atomic E-state index is 11.1. The van der Waals surface area contributed by atoms with Gasteiger partial charge >= 0.3 is 0 Å². The predicted molar refractivity (Wildman–Crippen MR) is 113 cm³/mol. The van der Waals surface area contributed by atoms with Crippen LogP contribution in [0.2, 0.25) is 0 Å². The molecule has 0 aliphatic heterocycles. The molecule has 1 nitrogen and oxygen atoms in total. The monoisotopic (exact) mass is 366 g/mol. The Morgan fingerprint density at radius 1 is 0.536 bits per heavy atom. The van der Waals surface area contributed by atoms with Gasteiger partial charge in [0.05, 0.1) is 6.10 Å². The fraction of sp³-hybridized carbons (Fsp3) is 0.333. The van der Waals surface area contributed by atoms with E-state index >= 15 is 0 Å². The van der Waals surface area contributed by atoms with Crippen molar-refractivity contribution in [3.63, 3.8) is 0 Å². The highest BCUT2D eigenvalue weighted by atomic mass is 16.3. The molecule has 4 unspecified atom stereocenters. The number of benzene rings is 3. The van der Waals surface area contributed by atoms with Crippen LogP contribution in [0.25, 0.3) is 0 Å². The molecule has 0 saturated carbocycles. The van der Waals surface area contributed by atoms with Gasteiger partial charge in [0, 0.05) is 5.92 Å². The van der Waals surface area contributed by atoms with Crippen molar-refractivity contribution >= 4 is 0 Å². The van der Waals surface area contributed by atoms with Crippen LogP contribution in [0.3, 0.4) is 0 Å². The van der Waals surface area contributed by atoms with Gasteiger partial charge in [-0.05, 0) is 76.8 Å². The van der Waals surface area contributed by atoms with E-state index < -0.39 is 0 Å². The standard InChI is InChI=1S/C27H26O/c28-25-16-20-10-4-6-12-23(20)27(25)26-22-11-5-3-9-19(22)15-24(26)21-13-17-7-1-2-8-18(17)14-21/h1-12,21,24-28H,13-16H2. The Balaban J connectivity index is 1.43. The molecule has 0 saturated heterocycles. The fourth-order valence-corrected chi connectivity index (χ4v) is 6.51. The SMILES string of the molecule is OC1Cc2ccccc2C1C1c2ccccc2CC1C1Cc2ccccc2C1. The highest BCUT2D eigenvalue weighted by molar-refractivity contribution is 5.46. The van der Waals surface area contributed by atoms with Crippen LogP contribution in [-0.4, -0.2) is 11.2 Å². The summed E-state index contributed by atoms with van der Waals surface area (Å²) in [4.78, 5) is 0. The van der Waals surface area contributed by atoms with E-state index in [0.29, 0.717) is 17.8 Å². The minimum atomic E-state index is -0.264. The lowest BCUT2D eigenvalue weighted by atomic mass is 9.71. The molecule has 1 N–H and O–H groups in total. The van der Waals surface area contributed by atoms with E-state index in [1.807, 2.05) is 0 Å². The van der Waals surface area contributed by atoms with Crippen molar-refractivity contribution in [3.05, 3.63) is 106 Å². The van der Waals surface area contributed by atoms with Crippen LogP contribution in [0.4, 0.5) is 0 Å². The first-order valence-corrected chi connectivity index (χ1v) is 10.7. The minimum absolute atomic E-state index is 0.230. The number of aliphatic hydroxyl groups excluding tert-OH is 1. The second-order valence-corrected chi connectivity index (χ2v) is 9.03. The van der Waals surface area contributed by atoms with Crippen molar-refractivity contribution in [2.75, 3.05) is 0 Å². The van der Waals surface area contributed by atoms with Gasteiger partial charge in [0.25, 0.3) is 0 Å². The largest absolute Gasteiger partial charge is 0.392 e. The number of hydrogen-bond acceptors (Lipinski definition) is 1. The van der Waals surface area contributed by atoms with Crippen LogP contribution in [0.5, 0.6) is 0 Å². The third-order valence-electron chi connectivity index (χ3n) is 7.66. The Bertz CT molecular complexity index is 1010. The van der Waals surface area contributed by atoms with Crippen molar-refractivity contribution in [2.45, 2.75) is 43.6 Å². The molecule has 0 fully saturated rings. The highest BCUT2D eigenvalue weighted by Gasteiger charge is 2.47. The molecule has 0 spiro atoms. The first-order valence-electron chi connectivity index (χ1n) is 10.7. The van der Waals surface area contributed by atoms with Gasteiger partial charge < -0.3 is 5.11 Å². The highest BCUT2D eigenvalue weighted by Crippen LogP contribution is 2.55. The molecule has 0 amide bonds. The molecule has 3 aliphatic carbocycles. The molecule has 0 aromatic heterocycles. The summed E-state index contributed by atoms with van der Waals surface area (Å²) in [7, 11) is 0. The van der Waals surface area contributed by atoms with Crippen LogP contribution in [0, 0.1) is 11.8 Å². The molecule has 0 radical (unpaired) electrons. The van der Waals surface area contributed by atoms with Crippen molar-refractivity contribution in [1.29, 1.82) is 0 Å². The molecule has 0 heterocycles. The lowest BCUT2D eigenvalue weighted by Gasteiger charge is -2.33. The Labute approximate surface area is 167 Å². The third-order valence-corrected chi connectivity index (χ3v) is 7.66. The molecule has 6 rings (SSSR count). The quantitative estimate of drug-likeness (QED) is 0.672. The summed E-state index contributed by atoms with van der Waals surface area (Å²) in [6, 6.07) is 26.7. The molecule has 0 bridgehead atoms. The van der Waals surface area contributed by atoms with Crippen LogP contribution < -0.4 is 0 Å². The van der Waals surface area contributed by atoms with Crippen molar-refractivity contribution < 1.29 is 5.11 Å². The zero-order chi connectivity index (χ0) is 18.7. The number of fused-ring (bicyclic) bond motifs is 3. The van der Waals surface area contributed by atoms with Gasteiger partial charge in [-0.2, -0.15) is 0 Å². The first kappa shape index (κ1) is 16.6. The average Bonchev–Trinajstić information content (AvgIpc) is 3.39. The molecule has 28 heavy (non-hydrogen) atoms. The zero-order valence-corrected chi connectivity index (χ0v) is 16.1. The van der Waals surface area contributed by atoms with E-state index in [0.717, 1.165) is 12.8 Å². The van der Waals surface area contributed by atoms with E-state index in [4.69, 9.17) is 0 Å². The van der Waals surface area contributed by atoms with Gasteiger partial charge in [-0.3, -0.25) is 0 Å². The Kier molecular flexibility index (Phi) is 3.74. The molecule has 4 atom stereocenters. The Morgan fingerprint density at radius 2 is 1.04 bits per heavy atom. The average molecular weight is 367 g/mol. The van der Waals surface area contributed by atoms with E-state index in [1.54, 1.807) is 0 Å². The predicted octanol–water partition coefficient (Wildman–Crippen LogP) is 5.06. The lowest BCUT2D eigenvalue weighted by Crippen LogP contribution is -2.28. The summed E-state index contributed by atoms with van der Waals surface area (Å²) in [6.07, 6.45) is 4.08. The minimum Gasteiger partial charge on any atom is -0.392 e. The summed E-state index contributed by atoms with van der Waals surface area (Å²) < 4.78 is 0. The summed E-state index contributed by atoms with van der Waals surface area (Å²) >= 11 is 0. The molecular formula is C27H26O. The van der Waals surface area contributed by atoms with Crippen molar-refractivity contribution in [2.24, 2.45) is 11.8 Å². The van der Waals surface area contributed by atoms with Gasteiger partial charge in [0.1, 0.15) is 0 Å². The zero-order valence-electron chi connectivity index (χ0n) is 16.1. The smallest absolute Gasteiger partial charge is 0.0655 e. The normalized spacial score (nSPS) is 28.2.